The molecule has 0 aliphatic heterocycles. The molecule has 1 unspecified atom stereocenters. The van der Waals surface area contributed by atoms with Gasteiger partial charge in [-0.2, -0.15) is 8.78 Å². The van der Waals surface area contributed by atoms with Crippen LogP contribution in [0.2, 0.25) is 0 Å². The maximum absolute atomic E-state index is 13.6. The first kappa shape index (κ1) is 25.5. The number of hydrogen-bond acceptors (Lipinski definition) is 1. The van der Waals surface area contributed by atoms with Gasteiger partial charge in [0.2, 0.25) is 0 Å². The van der Waals surface area contributed by atoms with Gasteiger partial charge in [-0.25, -0.2) is 0 Å². The van der Waals surface area contributed by atoms with Crippen LogP contribution in [-0.4, -0.2) is 10.5 Å². The van der Waals surface area contributed by atoms with Crippen molar-refractivity contribution in [3.63, 3.8) is 0 Å². The van der Waals surface area contributed by atoms with E-state index in [0.717, 1.165) is 36.9 Å². The Kier molecular flexibility index (Phi) is 10.8. The molecule has 0 bridgehead atoms. The lowest BCUT2D eigenvalue weighted by atomic mass is 9.71. The number of hydrogen-bond donors (Lipinski definition) is 0. The molecule has 1 saturated carbocycles. The summed E-state index contributed by atoms with van der Waals surface area (Å²) < 4.78 is 26.7. The van der Waals surface area contributed by atoms with Crippen molar-refractivity contribution in [3.8, 4) is 0 Å². The van der Waals surface area contributed by atoms with Crippen molar-refractivity contribution in [1.82, 2.24) is 0 Å². The molecule has 0 radical (unpaired) electrons. The van der Waals surface area contributed by atoms with Crippen LogP contribution in [0.4, 0.5) is 8.78 Å². The zero-order chi connectivity index (χ0) is 22.7. The molecule has 2 aliphatic rings. The third kappa shape index (κ3) is 7.75. The molecule has 0 aromatic heterocycles. The van der Waals surface area contributed by atoms with Crippen LogP contribution >= 0.6 is 11.8 Å². The van der Waals surface area contributed by atoms with Gasteiger partial charge in [-0.1, -0.05) is 138 Å². The van der Waals surface area contributed by atoms with Crippen molar-refractivity contribution >= 4 is 17.3 Å². The van der Waals surface area contributed by atoms with Crippen LogP contribution in [0.5, 0.6) is 0 Å². The summed E-state index contributed by atoms with van der Waals surface area (Å²) in [5.74, 6) is -1.15. The smallest absolute Gasteiger partial charge is 0.198 e. The Labute approximate surface area is 199 Å². The van der Waals surface area contributed by atoms with Crippen molar-refractivity contribution in [1.29, 1.82) is 0 Å². The molecule has 0 nitrogen and oxygen atoms in total. The van der Waals surface area contributed by atoms with E-state index in [9.17, 15) is 8.78 Å². The summed E-state index contributed by atoms with van der Waals surface area (Å²) >= 11 is 0.896. The zero-order valence-electron chi connectivity index (χ0n) is 19.9. The number of alkyl halides is 2. The van der Waals surface area contributed by atoms with Gasteiger partial charge in [0.1, 0.15) is 0 Å². The molecule has 0 saturated heterocycles. The molecular formula is C29H42F2S. The third-order valence-electron chi connectivity index (χ3n) is 7.61. The van der Waals surface area contributed by atoms with Crippen molar-refractivity contribution in [2.45, 2.75) is 107 Å². The molecule has 2 aliphatic carbocycles. The number of thioether (sulfide) groups is 1. The van der Waals surface area contributed by atoms with E-state index in [1.165, 1.54) is 81.8 Å². The minimum atomic E-state index is -2.32. The second-order valence-corrected chi connectivity index (χ2v) is 11.2. The topological polar surface area (TPSA) is 0 Å². The summed E-state index contributed by atoms with van der Waals surface area (Å²) in [5.41, 5.74) is 2.34. The highest BCUT2D eigenvalue weighted by Gasteiger charge is 2.41. The third-order valence-corrected chi connectivity index (χ3v) is 8.86. The highest BCUT2D eigenvalue weighted by Crippen LogP contribution is 2.51. The van der Waals surface area contributed by atoms with Crippen LogP contribution in [0.3, 0.4) is 0 Å². The molecule has 1 aromatic carbocycles. The lowest BCUT2D eigenvalue weighted by Gasteiger charge is -2.42. The first-order chi connectivity index (χ1) is 15.6. The van der Waals surface area contributed by atoms with Crippen LogP contribution in [0.25, 0.3) is 5.57 Å². The lowest BCUT2D eigenvalue weighted by Crippen LogP contribution is -2.37. The Balaban J connectivity index is 1.45. The molecule has 0 amide bonds. The van der Waals surface area contributed by atoms with Gasteiger partial charge < -0.3 is 0 Å². The van der Waals surface area contributed by atoms with E-state index in [1.54, 1.807) is 0 Å². The summed E-state index contributed by atoms with van der Waals surface area (Å²) in [5, 5.41) is 0. The second-order valence-electron chi connectivity index (χ2n) is 9.88. The van der Waals surface area contributed by atoms with E-state index in [-0.39, 0.29) is 0 Å². The summed E-state index contributed by atoms with van der Waals surface area (Å²) in [6.45, 7) is 2.27. The van der Waals surface area contributed by atoms with Crippen LogP contribution in [0.15, 0.2) is 48.6 Å². The fraction of sp³-hybridized carbons (Fsp3) is 0.655. The summed E-state index contributed by atoms with van der Waals surface area (Å²) in [6.07, 6.45) is 24.1. The van der Waals surface area contributed by atoms with Crippen molar-refractivity contribution < 1.29 is 8.78 Å². The minimum absolute atomic E-state index is 0.362. The average Bonchev–Trinajstić information content (AvgIpc) is 2.82. The Morgan fingerprint density at radius 2 is 1.56 bits per heavy atom. The standard InChI is InChI=1S/C29H42F2S/c1-2-3-4-5-6-7-8-10-13-24-16-18-27(19-17-24)29(32-28(30)31)22-20-26(21-23-29)25-14-11-9-12-15-25/h9,11-12,14-15,20-22,24,27-28H,2-8,10,13,16-19,23H2,1H3. The van der Waals surface area contributed by atoms with Gasteiger partial charge in [-0.3, -0.25) is 0 Å². The molecule has 0 N–H and O–H groups in total. The van der Waals surface area contributed by atoms with E-state index in [4.69, 9.17) is 0 Å². The van der Waals surface area contributed by atoms with Gasteiger partial charge in [0.25, 0.3) is 5.76 Å². The van der Waals surface area contributed by atoms with Gasteiger partial charge in [-0.15, -0.1) is 0 Å². The normalized spacial score (nSPS) is 25.8. The summed E-state index contributed by atoms with van der Waals surface area (Å²) in [6, 6.07) is 10.3. The maximum Gasteiger partial charge on any atom is 0.285 e. The van der Waals surface area contributed by atoms with Crippen LogP contribution in [-0.2, 0) is 0 Å². The van der Waals surface area contributed by atoms with E-state index < -0.39 is 10.5 Å². The number of unbranched alkanes of at least 4 members (excludes halogenated alkanes) is 7. The monoisotopic (exact) mass is 460 g/mol. The number of rotatable bonds is 13. The molecule has 1 atom stereocenters. The second kappa shape index (κ2) is 13.6. The van der Waals surface area contributed by atoms with Gasteiger partial charge in [0, 0.05) is 4.75 Å². The molecule has 1 aromatic rings. The molecule has 0 spiro atoms. The molecule has 1 fully saturated rings. The van der Waals surface area contributed by atoms with E-state index in [2.05, 4.69) is 37.3 Å². The van der Waals surface area contributed by atoms with Crippen molar-refractivity contribution in [2.24, 2.45) is 11.8 Å². The van der Waals surface area contributed by atoms with E-state index >= 15 is 0 Å². The molecule has 32 heavy (non-hydrogen) atoms. The predicted molar refractivity (Wildman–Crippen MR) is 137 cm³/mol. The SMILES string of the molecule is CCCCCCCCCCC1CCC(C2(SC(F)F)C=CC(c3ccccc3)=CC2)CC1. The molecular weight excluding hydrogens is 418 g/mol. The fourth-order valence-electron chi connectivity index (χ4n) is 5.64. The number of benzene rings is 1. The molecule has 178 valence electrons. The zero-order valence-corrected chi connectivity index (χ0v) is 20.7. The number of allylic oxidation sites excluding steroid dienone is 3. The van der Waals surface area contributed by atoms with Crippen LogP contribution in [0.1, 0.15) is 102 Å². The van der Waals surface area contributed by atoms with E-state index in [1.807, 2.05) is 18.2 Å². The maximum atomic E-state index is 13.6. The Hall–Kier alpha value is -1.09. The highest BCUT2D eigenvalue weighted by atomic mass is 32.2. The summed E-state index contributed by atoms with van der Waals surface area (Å²) in [4.78, 5) is 0. The van der Waals surface area contributed by atoms with Crippen molar-refractivity contribution in [3.05, 3.63) is 54.1 Å². The molecule has 3 rings (SSSR count). The predicted octanol–water partition coefficient (Wildman–Crippen LogP) is 10.1. The van der Waals surface area contributed by atoms with Gasteiger partial charge in [-0.05, 0) is 42.2 Å². The highest BCUT2D eigenvalue weighted by molar-refractivity contribution is 8.01. The molecule has 3 heteroatoms. The number of halogens is 2. The molecule has 0 heterocycles. The van der Waals surface area contributed by atoms with Gasteiger partial charge in [0.05, 0.1) is 0 Å². The van der Waals surface area contributed by atoms with Crippen LogP contribution < -0.4 is 0 Å². The first-order valence-electron chi connectivity index (χ1n) is 13.0. The first-order valence-corrected chi connectivity index (χ1v) is 13.9. The largest absolute Gasteiger partial charge is 0.285 e. The quantitative estimate of drug-likeness (QED) is 0.264. The average molecular weight is 461 g/mol. The van der Waals surface area contributed by atoms with E-state index in [0.29, 0.717) is 5.92 Å². The minimum Gasteiger partial charge on any atom is -0.198 e. The fourth-order valence-corrected chi connectivity index (χ4v) is 6.73. The Morgan fingerprint density at radius 3 is 2.16 bits per heavy atom. The summed E-state index contributed by atoms with van der Waals surface area (Å²) in [7, 11) is 0. The van der Waals surface area contributed by atoms with Crippen molar-refractivity contribution in [2.75, 3.05) is 0 Å². The van der Waals surface area contributed by atoms with Crippen LogP contribution in [0, 0.1) is 11.8 Å². The Morgan fingerprint density at radius 1 is 0.906 bits per heavy atom. The van der Waals surface area contributed by atoms with Gasteiger partial charge in [0.15, 0.2) is 0 Å². The van der Waals surface area contributed by atoms with Gasteiger partial charge >= 0.3 is 0 Å². The lowest BCUT2D eigenvalue weighted by molar-refractivity contribution is 0.220. The Bertz CT molecular complexity index is 703.